The van der Waals surface area contributed by atoms with Crippen molar-refractivity contribution in [1.82, 2.24) is 9.55 Å². The zero-order valence-electron chi connectivity index (χ0n) is 9.68. The molecule has 0 saturated carbocycles. The van der Waals surface area contributed by atoms with Gasteiger partial charge < -0.3 is 0 Å². The second-order valence-corrected chi connectivity index (χ2v) is 4.21. The Balaban J connectivity index is 2.63. The molecule has 1 aromatic heterocycles. The maximum Gasteiger partial charge on any atom is 0.142 e. The lowest BCUT2D eigenvalue weighted by molar-refractivity contribution is 0.680. The van der Waals surface area contributed by atoms with Crippen LogP contribution in [-0.4, -0.2) is 9.55 Å². The molecule has 0 fully saturated rings. The van der Waals surface area contributed by atoms with Gasteiger partial charge in [0.2, 0.25) is 0 Å². The van der Waals surface area contributed by atoms with E-state index in [9.17, 15) is 0 Å². The Morgan fingerprint density at radius 1 is 1.35 bits per heavy atom. The Labute approximate surface area is 105 Å². The second kappa shape index (κ2) is 4.60. The van der Waals surface area contributed by atoms with Gasteiger partial charge >= 0.3 is 0 Å². The first-order valence-corrected chi connectivity index (χ1v) is 5.72. The van der Waals surface area contributed by atoms with E-state index in [1.165, 1.54) is 0 Å². The number of halogens is 1. The normalized spacial score (nSPS) is 12.1. The largest absolute Gasteiger partial charge is 0.298 e. The fourth-order valence-corrected chi connectivity index (χ4v) is 2.00. The number of imidazole rings is 1. The standard InChI is InChI=1S/C13H12ClN3/c1-9(8-15)17-12(14)10(2)16-13(17)11-6-4-3-5-7-11/h3-7,9H,1-2H3. The SMILES string of the molecule is Cc1nc(-c2ccccc2)n(C(C)C#N)c1Cl. The topological polar surface area (TPSA) is 41.6 Å². The van der Waals surface area contributed by atoms with Crippen LogP contribution in [-0.2, 0) is 0 Å². The molecule has 0 N–H and O–H groups in total. The van der Waals surface area contributed by atoms with Crippen LogP contribution >= 0.6 is 11.6 Å². The molecule has 1 atom stereocenters. The highest BCUT2D eigenvalue weighted by atomic mass is 35.5. The Kier molecular flexibility index (Phi) is 3.16. The highest BCUT2D eigenvalue weighted by molar-refractivity contribution is 6.30. The van der Waals surface area contributed by atoms with Crippen molar-refractivity contribution < 1.29 is 0 Å². The van der Waals surface area contributed by atoms with Gasteiger partial charge in [-0.2, -0.15) is 5.26 Å². The van der Waals surface area contributed by atoms with E-state index in [-0.39, 0.29) is 6.04 Å². The lowest BCUT2D eigenvalue weighted by atomic mass is 10.2. The molecule has 86 valence electrons. The molecule has 17 heavy (non-hydrogen) atoms. The fraction of sp³-hybridized carbons (Fsp3) is 0.231. The molecule has 0 bridgehead atoms. The van der Waals surface area contributed by atoms with E-state index in [1.807, 2.05) is 37.3 Å². The molecule has 0 amide bonds. The van der Waals surface area contributed by atoms with E-state index < -0.39 is 0 Å². The predicted octanol–water partition coefficient (Wildman–Crippen LogP) is 3.60. The number of benzene rings is 1. The molecule has 2 aromatic rings. The predicted molar refractivity (Wildman–Crippen MR) is 67.7 cm³/mol. The number of nitriles is 1. The number of hydrogen-bond donors (Lipinski definition) is 0. The maximum absolute atomic E-state index is 9.04. The molecule has 0 aliphatic heterocycles. The Hall–Kier alpha value is -1.79. The average Bonchev–Trinajstić information content (AvgIpc) is 2.66. The van der Waals surface area contributed by atoms with E-state index in [4.69, 9.17) is 16.9 Å². The minimum absolute atomic E-state index is 0.334. The number of rotatable bonds is 2. The third-order valence-electron chi connectivity index (χ3n) is 2.62. The van der Waals surface area contributed by atoms with Gasteiger partial charge in [-0.25, -0.2) is 4.98 Å². The van der Waals surface area contributed by atoms with Gasteiger partial charge in [0.15, 0.2) is 0 Å². The quantitative estimate of drug-likeness (QED) is 0.811. The average molecular weight is 246 g/mol. The van der Waals surface area contributed by atoms with E-state index in [0.717, 1.165) is 17.1 Å². The summed E-state index contributed by atoms with van der Waals surface area (Å²) in [7, 11) is 0. The molecule has 1 unspecified atom stereocenters. The molecule has 3 nitrogen and oxygen atoms in total. The summed E-state index contributed by atoms with van der Waals surface area (Å²) < 4.78 is 1.76. The van der Waals surface area contributed by atoms with Crippen LogP contribution in [0.25, 0.3) is 11.4 Å². The second-order valence-electron chi connectivity index (χ2n) is 3.85. The van der Waals surface area contributed by atoms with Crippen LogP contribution in [0.2, 0.25) is 5.15 Å². The Morgan fingerprint density at radius 3 is 2.59 bits per heavy atom. The molecule has 1 aromatic carbocycles. The highest BCUT2D eigenvalue weighted by Gasteiger charge is 2.18. The van der Waals surface area contributed by atoms with Crippen molar-refractivity contribution in [2.75, 3.05) is 0 Å². The van der Waals surface area contributed by atoms with E-state index in [0.29, 0.717) is 5.15 Å². The lowest BCUT2D eigenvalue weighted by Gasteiger charge is -2.10. The first-order valence-electron chi connectivity index (χ1n) is 5.34. The molecule has 0 spiro atoms. The third-order valence-corrected chi connectivity index (χ3v) is 3.07. The zero-order valence-corrected chi connectivity index (χ0v) is 10.4. The van der Waals surface area contributed by atoms with Crippen LogP contribution in [0.15, 0.2) is 30.3 Å². The van der Waals surface area contributed by atoms with Gasteiger partial charge in [-0.1, -0.05) is 41.9 Å². The first kappa shape index (κ1) is 11.7. The minimum atomic E-state index is -0.334. The van der Waals surface area contributed by atoms with Gasteiger partial charge in [0.1, 0.15) is 17.0 Å². The summed E-state index contributed by atoms with van der Waals surface area (Å²) in [4.78, 5) is 4.43. The first-order chi connectivity index (χ1) is 8.15. The lowest BCUT2D eigenvalue weighted by Crippen LogP contribution is -2.04. The molecule has 0 radical (unpaired) electrons. The van der Waals surface area contributed by atoms with Crippen molar-refractivity contribution in [3.8, 4) is 17.5 Å². The third kappa shape index (κ3) is 2.04. The van der Waals surface area contributed by atoms with Gasteiger partial charge in [0, 0.05) is 5.56 Å². The van der Waals surface area contributed by atoms with Gasteiger partial charge in [-0.05, 0) is 13.8 Å². The monoisotopic (exact) mass is 245 g/mol. The van der Waals surface area contributed by atoms with E-state index >= 15 is 0 Å². The van der Waals surface area contributed by atoms with Crippen molar-refractivity contribution in [3.63, 3.8) is 0 Å². The van der Waals surface area contributed by atoms with Gasteiger partial charge in [-0.3, -0.25) is 4.57 Å². The summed E-state index contributed by atoms with van der Waals surface area (Å²) in [6.07, 6.45) is 0. The molecular formula is C13H12ClN3. The smallest absolute Gasteiger partial charge is 0.142 e. The minimum Gasteiger partial charge on any atom is -0.298 e. The van der Waals surface area contributed by atoms with Crippen molar-refractivity contribution in [2.24, 2.45) is 0 Å². The number of aryl methyl sites for hydroxylation is 1. The molecular weight excluding hydrogens is 234 g/mol. The Morgan fingerprint density at radius 2 is 2.00 bits per heavy atom. The molecule has 2 rings (SSSR count). The van der Waals surface area contributed by atoms with Gasteiger partial charge in [0.25, 0.3) is 0 Å². The van der Waals surface area contributed by atoms with Crippen molar-refractivity contribution in [2.45, 2.75) is 19.9 Å². The van der Waals surface area contributed by atoms with Crippen LogP contribution < -0.4 is 0 Å². The molecule has 0 saturated heterocycles. The van der Waals surface area contributed by atoms with Crippen LogP contribution in [0.3, 0.4) is 0 Å². The number of nitrogens with zero attached hydrogens (tertiary/aromatic N) is 3. The van der Waals surface area contributed by atoms with Crippen LogP contribution in [0, 0.1) is 18.3 Å². The summed E-state index contributed by atoms with van der Waals surface area (Å²) in [5.41, 5.74) is 1.71. The number of hydrogen-bond acceptors (Lipinski definition) is 2. The van der Waals surface area contributed by atoms with Crippen LogP contribution in [0.5, 0.6) is 0 Å². The summed E-state index contributed by atoms with van der Waals surface area (Å²) in [5, 5.41) is 9.56. The van der Waals surface area contributed by atoms with Gasteiger partial charge in [-0.15, -0.1) is 0 Å². The molecule has 4 heteroatoms. The van der Waals surface area contributed by atoms with Gasteiger partial charge in [0.05, 0.1) is 11.8 Å². The summed E-state index contributed by atoms with van der Waals surface area (Å²) in [6.45, 7) is 3.65. The van der Waals surface area contributed by atoms with Crippen LogP contribution in [0.4, 0.5) is 0 Å². The molecule has 0 aliphatic rings. The molecule has 1 heterocycles. The van der Waals surface area contributed by atoms with Crippen LogP contribution in [0.1, 0.15) is 18.7 Å². The fourth-order valence-electron chi connectivity index (χ4n) is 1.73. The van der Waals surface area contributed by atoms with E-state index in [2.05, 4.69) is 11.1 Å². The van der Waals surface area contributed by atoms with Crippen molar-refractivity contribution >= 4 is 11.6 Å². The molecule has 0 aliphatic carbocycles. The highest BCUT2D eigenvalue weighted by Crippen LogP contribution is 2.28. The van der Waals surface area contributed by atoms with E-state index in [1.54, 1.807) is 11.5 Å². The maximum atomic E-state index is 9.04. The number of aromatic nitrogens is 2. The van der Waals surface area contributed by atoms with Crippen molar-refractivity contribution in [3.05, 3.63) is 41.2 Å². The summed E-state index contributed by atoms with van der Waals surface area (Å²) >= 11 is 6.19. The summed E-state index contributed by atoms with van der Waals surface area (Å²) in [6, 6.07) is 11.6. The zero-order chi connectivity index (χ0) is 12.4. The van der Waals surface area contributed by atoms with Crippen molar-refractivity contribution in [1.29, 1.82) is 5.26 Å². The Bertz CT molecular complexity index is 566. The summed E-state index contributed by atoms with van der Waals surface area (Å²) in [5.74, 6) is 0.738.